The first-order valence-electron chi connectivity index (χ1n) is 9.74. The van der Waals surface area contributed by atoms with Crippen LogP contribution in [0.4, 0.5) is 17.6 Å². The lowest BCUT2D eigenvalue weighted by molar-refractivity contribution is -0.116. The van der Waals surface area contributed by atoms with E-state index in [-0.39, 0.29) is 23.1 Å². The molecule has 1 saturated heterocycles. The first-order chi connectivity index (χ1) is 14.3. The number of nitrogens with one attached hydrogen (secondary N) is 1. The van der Waals surface area contributed by atoms with E-state index in [4.69, 9.17) is 0 Å². The summed E-state index contributed by atoms with van der Waals surface area (Å²) in [5.41, 5.74) is 0.135. The summed E-state index contributed by atoms with van der Waals surface area (Å²) < 4.78 is 58.4. The maximum atomic E-state index is 12.6. The van der Waals surface area contributed by atoms with Gasteiger partial charge >= 0.3 is 13.2 Å². The Morgan fingerprint density at radius 3 is 2.40 bits per heavy atom. The zero-order valence-electron chi connectivity index (χ0n) is 17.0. The summed E-state index contributed by atoms with van der Waals surface area (Å²) in [6.45, 7) is 3.23. The molecule has 1 amide bonds. The zero-order chi connectivity index (χ0) is 22.1. The van der Waals surface area contributed by atoms with Crippen LogP contribution in [-0.2, 0) is 4.79 Å². The molecule has 168 valence electrons. The topological polar surface area (TPSA) is 54.0 Å². The zero-order valence-corrected chi connectivity index (χ0v) is 17.0. The van der Waals surface area contributed by atoms with Crippen molar-refractivity contribution in [3.05, 3.63) is 29.8 Å². The van der Waals surface area contributed by atoms with Crippen LogP contribution in [0.15, 0.2) is 24.3 Å². The van der Waals surface area contributed by atoms with Gasteiger partial charge in [-0.25, -0.2) is 0 Å². The van der Waals surface area contributed by atoms with Crippen molar-refractivity contribution in [2.75, 3.05) is 39.3 Å². The minimum Gasteiger partial charge on any atom is -0.435 e. The molecule has 0 bridgehead atoms. The average Bonchev–Trinajstić information content (AvgIpc) is 2.70. The summed E-state index contributed by atoms with van der Waals surface area (Å²) in [7, 11) is 0. The second kappa shape index (κ2) is 11.8. The molecule has 1 unspecified atom stereocenters. The van der Waals surface area contributed by atoms with Crippen LogP contribution in [0, 0.1) is 0 Å². The highest BCUT2D eigenvalue weighted by atomic mass is 19.3. The third-order valence-corrected chi connectivity index (χ3v) is 4.89. The van der Waals surface area contributed by atoms with Gasteiger partial charge in [0, 0.05) is 56.5 Å². The number of rotatable bonds is 10. The van der Waals surface area contributed by atoms with Crippen LogP contribution in [-0.4, -0.2) is 74.2 Å². The first kappa shape index (κ1) is 23.9. The molecule has 2 rings (SSSR count). The van der Waals surface area contributed by atoms with Crippen LogP contribution in [0.1, 0.15) is 19.4 Å². The molecule has 0 aliphatic carbocycles. The molecule has 6 nitrogen and oxygen atoms in total. The van der Waals surface area contributed by atoms with Crippen molar-refractivity contribution < 1.29 is 31.8 Å². The highest BCUT2D eigenvalue weighted by Gasteiger charge is 2.20. The monoisotopic (exact) mass is 433 g/mol. The lowest BCUT2D eigenvalue weighted by Crippen LogP contribution is -2.52. The molecule has 1 atom stereocenters. The van der Waals surface area contributed by atoms with Crippen LogP contribution in [0.3, 0.4) is 0 Å². The molecule has 1 aliphatic rings. The molecule has 0 aromatic heterocycles. The van der Waals surface area contributed by atoms with Crippen molar-refractivity contribution in [3.8, 4) is 11.5 Å². The van der Waals surface area contributed by atoms with Crippen molar-refractivity contribution >= 4 is 12.0 Å². The third kappa shape index (κ3) is 7.83. The molecule has 1 aliphatic heterocycles. The molecule has 1 heterocycles. The molecule has 1 aromatic carbocycles. The summed E-state index contributed by atoms with van der Waals surface area (Å²) in [5.74, 6) is -1.08. The molecule has 1 fully saturated rings. The molecular weight excluding hydrogens is 406 g/mol. The minimum atomic E-state index is -3.15. The van der Waals surface area contributed by atoms with Crippen molar-refractivity contribution in [1.82, 2.24) is 15.1 Å². The van der Waals surface area contributed by atoms with Crippen LogP contribution in [0.5, 0.6) is 11.5 Å². The lowest BCUT2D eigenvalue weighted by atomic mass is 10.1. The Morgan fingerprint density at radius 2 is 1.80 bits per heavy atom. The maximum Gasteiger partial charge on any atom is 0.387 e. The fourth-order valence-electron chi connectivity index (χ4n) is 3.15. The van der Waals surface area contributed by atoms with E-state index in [1.165, 1.54) is 24.3 Å². The van der Waals surface area contributed by atoms with E-state index in [0.29, 0.717) is 6.54 Å². The van der Waals surface area contributed by atoms with Crippen LogP contribution in [0.25, 0.3) is 6.08 Å². The smallest absolute Gasteiger partial charge is 0.387 e. The SMILES string of the molecule is CCN1CCN(C(C)CNC(=O)/C=C/c2ccc(OC(F)F)cc2OC(F)F)CC1. The Bertz CT molecular complexity index is 711. The molecule has 30 heavy (non-hydrogen) atoms. The number of alkyl halides is 4. The van der Waals surface area contributed by atoms with Gasteiger partial charge in [-0.05, 0) is 31.7 Å². The largest absolute Gasteiger partial charge is 0.435 e. The minimum absolute atomic E-state index is 0.135. The van der Waals surface area contributed by atoms with E-state index in [1.807, 2.05) is 6.92 Å². The van der Waals surface area contributed by atoms with Crippen LogP contribution >= 0.6 is 0 Å². The van der Waals surface area contributed by atoms with Crippen molar-refractivity contribution in [2.24, 2.45) is 0 Å². The van der Waals surface area contributed by atoms with E-state index < -0.39 is 19.1 Å². The number of halogens is 4. The summed E-state index contributed by atoms with van der Waals surface area (Å²) in [6.07, 6.45) is 2.47. The standard InChI is InChI=1S/C20H27F4N3O3/c1-3-26-8-10-27(11-9-26)14(2)13-25-18(28)7-5-15-4-6-16(29-19(21)22)12-17(15)30-20(23)24/h4-7,12,14,19-20H,3,8-11,13H2,1-2H3,(H,25,28)/b7-5+. The molecule has 0 spiro atoms. The number of benzene rings is 1. The van der Waals surface area contributed by atoms with Crippen molar-refractivity contribution in [2.45, 2.75) is 33.1 Å². The Hall–Kier alpha value is -2.33. The van der Waals surface area contributed by atoms with E-state index in [1.54, 1.807) is 0 Å². The number of carbonyl (C=O) groups is 1. The van der Waals surface area contributed by atoms with Gasteiger partial charge < -0.3 is 19.7 Å². The van der Waals surface area contributed by atoms with Gasteiger partial charge in [0.25, 0.3) is 0 Å². The van der Waals surface area contributed by atoms with Crippen molar-refractivity contribution in [3.63, 3.8) is 0 Å². The summed E-state index contributed by atoms with van der Waals surface area (Å²) in [6, 6.07) is 3.52. The Kier molecular flexibility index (Phi) is 9.38. The van der Waals surface area contributed by atoms with Gasteiger partial charge in [0.2, 0.25) is 5.91 Å². The molecule has 0 radical (unpaired) electrons. The number of carbonyl (C=O) groups excluding carboxylic acids is 1. The number of ether oxygens (including phenoxy) is 2. The van der Waals surface area contributed by atoms with E-state index >= 15 is 0 Å². The number of hydrogen-bond acceptors (Lipinski definition) is 5. The second-order valence-corrected chi connectivity index (χ2v) is 6.85. The predicted molar refractivity (Wildman–Crippen MR) is 105 cm³/mol. The van der Waals surface area contributed by atoms with Gasteiger partial charge in [-0.3, -0.25) is 9.69 Å². The van der Waals surface area contributed by atoms with E-state index in [2.05, 4.69) is 31.5 Å². The van der Waals surface area contributed by atoms with Gasteiger partial charge in [-0.15, -0.1) is 0 Å². The fourth-order valence-corrected chi connectivity index (χ4v) is 3.15. The number of piperazine rings is 1. The Labute approximate surface area is 173 Å². The highest BCUT2D eigenvalue weighted by Crippen LogP contribution is 2.28. The summed E-state index contributed by atoms with van der Waals surface area (Å²) >= 11 is 0. The van der Waals surface area contributed by atoms with Crippen LogP contribution < -0.4 is 14.8 Å². The van der Waals surface area contributed by atoms with Gasteiger partial charge in [0.15, 0.2) is 0 Å². The fraction of sp³-hybridized carbons (Fsp3) is 0.550. The number of likely N-dealkylation sites (N-methyl/N-ethyl adjacent to an activating group) is 1. The van der Waals surface area contributed by atoms with Crippen molar-refractivity contribution in [1.29, 1.82) is 0 Å². The van der Waals surface area contributed by atoms with Crippen LogP contribution in [0.2, 0.25) is 0 Å². The van der Waals surface area contributed by atoms with E-state index in [0.717, 1.165) is 38.8 Å². The first-order valence-corrected chi connectivity index (χ1v) is 9.74. The number of nitrogens with zero attached hydrogens (tertiary/aromatic N) is 2. The molecule has 1 aromatic rings. The second-order valence-electron chi connectivity index (χ2n) is 6.85. The summed E-state index contributed by atoms with van der Waals surface area (Å²) in [5, 5.41) is 2.78. The quantitative estimate of drug-likeness (QED) is 0.454. The Morgan fingerprint density at radius 1 is 1.13 bits per heavy atom. The molecular formula is C20H27F4N3O3. The average molecular weight is 433 g/mol. The summed E-state index contributed by atoms with van der Waals surface area (Å²) in [4.78, 5) is 16.8. The molecule has 0 saturated carbocycles. The number of amides is 1. The van der Waals surface area contributed by atoms with Gasteiger partial charge in [-0.2, -0.15) is 17.6 Å². The van der Waals surface area contributed by atoms with Gasteiger partial charge in [0.1, 0.15) is 11.5 Å². The normalized spacial score (nSPS) is 16.9. The van der Waals surface area contributed by atoms with Gasteiger partial charge in [0.05, 0.1) is 0 Å². The number of hydrogen-bond donors (Lipinski definition) is 1. The lowest BCUT2D eigenvalue weighted by Gasteiger charge is -2.37. The molecule has 10 heteroatoms. The Balaban J connectivity index is 1.91. The molecule has 1 N–H and O–H groups in total. The predicted octanol–water partition coefficient (Wildman–Crippen LogP) is 3.04. The van der Waals surface area contributed by atoms with E-state index in [9.17, 15) is 22.4 Å². The third-order valence-electron chi connectivity index (χ3n) is 4.89. The maximum absolute atomic E-state index is 12.6. The van der Waals surface area contributed by atoms with Gasteiger partial charge in [-0.1, -0.05) is 6.92 Å². The highest BCUT2D eigenvalue weighted by molar-refractivity contribution is 5.92.